The first kappa shape index (κ1) is 3.89. The Morgan fingerprint density at radius 1 is 2.00 bits per heavy atom. The van der Waals surface area contributed by atoms with E-state index in [0.717, 1.165) is 0 Å². The number of rotatable bonds is 0. The van der Waals surface area contributed by atoms with Gasteiger partial charge in [-0.15, -0.1) is 5.04 Å². The lowest BCUT2D eigenvalue weighted by Gasteiger charge is -1.88. The van der Waals surface area contributed by atoms with Gasteiger partial charge in [-0.2, -0.15) is 0 Å². The van der Waals surface area contributed by atoms with Crippen LogP contribution in [0.1, 0.15) is 6.92 Å². The Kier molecular flexibility index (Phi) is 1.20. The summed E-state index contributed by atoms with van der Waals surface area (Å²) >= 11 is 4.20. The molecule has 0 saturated carbocycles. The van der Waals surface area contributed by atoms with Crippen molar-refractivity contribution in [2.75, 3.05) is 0 Å². The van der Waals surface area contributed by atoms with Crippen molar-refractivity contribution in [1.29, 1.82) is 5.41 Å². The number of nitrogens with one attached hydrogen (secondary N) is 1. The summed E-state index contributed by atoms with van der Waals surface area (Å²) in [5.74, 6) is 0. The van der Waals surface area contributed by atoms with Crippen molar-refractivity contribution < 1.29 is 0 Å². The Bertz CT molecular complexity index is 29.0. The minimum atomic E-state index is 0.250. The zero-order chi connectivity index (χ0) is 3.58. The average molecular weight is 74.1 g/mol. The third kappa shape index (κ3) is 124. The van der Waals surface area contributed by atoms with Crippen LogP contribution in [-0.2, 0) is 12.6 Å². The molecule has 0 unspecified atom stereocenters. The second kappa shape index (κ2) is 1.24. The number of hydrogen-bond acceptors (Lipinski definition) is 2. The molecule has 24 valence electrons. The molecular weight excluding hydrogens is 70.1 g/mol. The summed E-state index contributed by atoms with van der Waals surface area (Å²) in [6, 6.07) is 0. The van der Waals surface area contributed by atoms with E-state index in [1.165, 1.54) is 0 Å². The maximum Gasteiger partial charge on any atom is -0.0486 e. The fourth-order valence-corrected chi connectivity index (χ4v) is 0. The highest BCUT2D eigenvalue weighted by molar-refractivity contribution is 7.77. The van der Waals surface area contributed by atoms with Crippen LogP contribution >= 0.6 is 0 Å². The Balaban J connectivity index is 2.80. The molecule has 0 aromatic heterocycles. The minimum Gasteiger partial charge on any atom is -0.765 e. The van der Waals surface area contributed by atoms with Crippen molar-refractivity contribution in [2.24, 2.45) is 0 Å². The summed E-state index contributed by atoms with van der Waals surface area (Å²) in [7, 11) is 0. The molecule has 2 heteroatoms. The van der Waals surface area contributed by atoms with Crippen LogP contribution in [0.15, 0.2) is 0 Å². The number of hydrogen-bond donors (Lipinski definition) is 1. The largest absolute Gasteiger partial charge is 0.765 e. The first-order chi connectivity index (χ1) is 1.73. The van der Waals surface area contributed by atoms with Gasteiger partial charge >= 0.3 is 0 Å². The molecule has 0 atom stereocenters. The predicted molar refractivity (Wildman–Crippen MR) is 20.8 cm³/mol. The van der Waals surface area contributed by atoms with Crippen LogP contribution in [0.4, 0.5) is 0 Å². The lowest BCUT2D eigenvalue weighted by Crippen LogP contribution is -1.69. The SMILES string of the molecule is CC(=N)[S-]. The summed E-state index contributed by atoms with van der Waals surface area (Å²) in [6.07, 6.45) is 0. The third-order valence-electron chi connectivity index (χ3n) is 0. The molecule has 0 aromatic rings. The lowest BCUT2D eigenvalue weighted by molar-refractivity contribution is 1.54. The van der Waals surface area contributed by atoms with E-state index in [-0.39, 0.29) is 5.04 Å². The molecule has 0 bridgehead atoms. The quantitative estimate of drug-likeness (QED) is 0.253. The Labute approximate surface area is 30.9 Å². The standard InChI is InChI=1S/C2H5NS/c1-2(3)4/h1H3,(H2,3,4)/p-1. The van der Waals surface area contributed by atoms with Gasteiger partial charge in [0.2, 0.25) is 0 Å². The van der Waals surface area contributed by atoms with Crippen LogP contribution in [-0.4, -0.2) is 5.04 Å². The normalized spacial score (nSPS) is 6.25. The second-order valence-corrected chi connectivity index (χ2v) is 1.17. The molecule has 0 aliphatic carbocycles. The molecular formula is C2H4NS-. The van der Waals surface area contributed by atoms with Gasteiger partial charge in [-0.3, -0.25) is 0 Å². The second-order valence-electron chi connectivity index (χ2n) is 0.556. The predicted octanol–water partition coefficient (Wildman–Crippen LogP) is 0.530. The van der Waals surface area contributed by atoms with Crippen molar-refractivity contribution >= 4 is 17.7 Å². The monoisotopic (exact) mass is 74.0 g/mol. The zero-order valence-corrected chi connectivity index (χ0v) is 3.22. The van der Waals surface area contributed by atoms with E-state index in [4.69, 9.17) is 5.41 Å². The molecule has 0 aromatic carbocycles. The summed E-state index contributed by atoms with van der Waals surface area (Å²) < 4.78 is 0. The van der Waals surface area contributed by atoms with Crippen LogP contribution in [0.2, 0.25) is 0 Å². The molecule has 0 spiro atoms. The lowest BCUT2D eigenvalue weighted by atomic mass is 10.9. The molecule has 0 saturated heterocycles. The van der Waals surface area contributed by atoms with Gasteiger partial charge in [0, 0.05) is 0 Å². The van der Waals surface area contributed by atoms with Gasteiger partial charge in [0.15, 0.2) is 0 Å². The smallest absolute Gasteiger partial charge is 0.0486 e. The summed E-state index contributed by atoms with van der Waals surface area (Å²) in [4.78, 5) is 0. The van der Waals surface area contributed by atoms with Gasteiger partial charge in [-0.1, -0.05) is 0 Å². The van der Waals surface area contributed by atoms with E-state index in [2.05, 4.69) is 12.6 Å². The van der Waals surface area contributed by atoms with Gasteiger partial charge in [0.05, 0.1) is 0 Å². The van der Waals surface area contributed by atoms with E-state index >= 15 is 0 Å². The highest BCUT2D eigenvalue weighted by Gasteiger charge is 1.36. The first-order valence-electron chi connectivity index (χ1n) is 0.954. The molecule has 0 radical (unpaired) electrons. The fraction of sp³-hybridized carbons (Fsp3) is 0.500. The molecule has 0 fully saturated rings. The fourth-order valence-electron chi connectivity index (χ4n) is 0. The van der Waals surface area contributed by atoms with Gasteiger partial charge < -0.3 is 18.0 Å². The molecule has 4 heavy (non-hydrogen) atoms. The Hall–Kier alpha value is -0.110. The van der Waals surface area contributed by atoms with Crippen LogP contribution < -0.4 is 0 Å². The highest BCUT2D eigenvalue weighted by Crippen LogP contribution is 1.49. The van der Waals surface area contributed by atoms with E-state index in [0.29, 0.717) is 0 Å². The van der Waals surface area contributed by atoms with E-state index < -0.39 is 0 Å². The van der Waals surface area contributed by atoms with Crippen LogP contribution in [0.5, 0.6) is 0 Å². The maximum atomic E-state index is 6.31. The molecule has 1 N–H and O–H groups in total. The average Bonchev–Trinajstić information content (AvgIpc) is 0.811. The van der Waals surface area contributed by atoms with Crippen LogP contribution in [0.3, 0.4) is 0 Å². The third-order valence-corrected chi connectivity index (χ3v) is 0. The first-order valence-corrected chi connectivity index (χ1v) is 1.36. The van der Waals surface area contributed by atoms with Crippen molar-refractivity contribution in [1.82, 2.24) is 0 Å². The van der Waals surface area contributed by atoms with E-state index in [1.54, 1.807) is 6.92 Å². The van der Waals surface area contributed by atoms with E-state index in [1.807, 2.05) is 0 Å². The molecule has 0 rings (SSSR count). The van der Waals surface area contributed by atoms with E-state index in [9.17, 15) is 0 Å². The van der Waals surface area contributed by atoms with Crippen molar-refractivity contribution in [2.45, 2.75) is 6.92 Å². The Morgan fingerprint density at radius 2 is 2.00 bits per heavy atom. The molecule has 0 amide bonds. The van der Waals surface area contributed by atoms with Crippen molar-refractivity contribution in [3.8, 4) is 0 Å². The van der Waals surface area contributed by atoms with Gasteiger partial charge in [-0.25, -0.2) is 0 Å². The van der Waals surface area contributed by atoms with Crippen molar-refractivity contribution in [3.63, 3.8) is 0 Å². The van der Waals surface area contributed by atoms with Gasteiger partial charge in [0.25, 0.3) is 0 Å². The molecule has 0 heterocycles. The van der Waals surface area contributed by atoms with Crippen LogP contribution in [0, 0.1) is 5.41 Å². The van der Waals surface area contributed by atoms with Crippen molar-refractivity contribution in [3.05, 3.63) is 0 Å². The molecule has 0 aliphatic rings. The van der Waals surface area contributed by atoms with Crippen LogP contribution in [0.25, 0.3) is 0 Å². The highest BCUT2D eigenvalue weighted by atomic mass is 32.1. The molecule has 1 nitrogen and oxygen atoms in total. The maximum absolute atomic E-state index is 6.31. The Morgan fingerprint density at radius 3 is 2.00 bits per heavy atom. The topological polar surface area (TPSA) is 23.9 Å². The minimum absolute atomic E-state index is 0.250. The zero-order valence-electron chi connectivity index (χ0n) is 2.41. The molecule has 0 aliphatic heterocycles. The summed E-state index contributed by atoms with van der Waals surface area (Å²) in [6.45, 7) is 1.56. The van der Waals surface area contributed by atoms with Gasteiger partial charge in [-0.05, 0) is 6.92 Å². The summed E-state index contributed by atoms with van der Waals surface area (Å²) in [5.41, 5.74) is 0. The van der Waals surface area contributed by atoms with Gasteiger partial charge in [0.1, 0.15) is 0 Å². The summed E-state index contributed by atoms with van der Waals surface area (Å²) in [5, 5.41) is 6.56.